The van der Waals surface area contributed by atoms with Gasteiger partial charge in [0.15, 0.2) is 0 Å². The number of rotatable bonds is 7. The van der Waals surface area contributed by atoms with Gasteiger partial charge < -0.3 is 10.6 Å². The maximum absolute atomic E-state index is 13.8. The normalized spacial score (nSPS) is 13.9. The van der Waals surface area contributed by atoms with Crippen molar-refractivity contribution in [3.63, 3.8) is 0 Å². The zero-order chi connectivity index (χ0) is 28.3. The lowest BCUT2D eigenvalue weighted by molar-refractivity contribution is -0.139. The van der Waals surface area contributed by atoms with Crippen LogP contribution in [0, 0.1) is 13.8 Å². The van der Waals surface area contributed by atoms with Crippen LogP contribution in [-0.4, -0.2) is 36.8 Å². The summed E-state index contributed by atoms with van der Waals surface area (Å²) in [6.07, 6.45) is -7.14. The molecule has 2 aromatic carbocycles. The van der Waals surface area contributed by atoms with Crippen molar-refractivity contribution in [3.05, 3.63) is 73.2 Å². The average Bonchev–Trinajstić information content (AvgIpc) is 2.73. The molecule has 0 heterocycles. The van der Waals surface area contributed by atoms with E-state index in [-0.39, 0.29) is 26.2 Å². The van der Waals surface area contributed by atoms with Crippen molar-refractivity contribution in [2.24, 2.45) is 0 Å². The van der Waals surface area contributed by atoms with Crippen LogP contribution in [-0.2, 0) is 4.79 Å². The average molecular weight is 590 g/mol. The number of hydrogen-bond donors (Lipinski definition) is 2. The van der Waals surface area contributed by atoms with E-state index in [1.807, 2.05) is 0 Å². The van der Waals surface area contributed by atoms with Gasteiger partial charge in [-0.05, 0) is 55.2 Å². The molecule has 0 bridgehead atoms. The third-order valence-corrected chi connectivity index (χ3v) is 6.38. The lowest BCUT2D eigenvalue weighted by Gasteiger charge is -2.19. The molecule has 0 spiro atoms. The van der Waals surface area contributed by atoms with Crippen LogP contribution in [0.2, 0.25) is 15.1 Å². The van der Waals surface area contributed by atoms with Gasteiger partial charge in [0.1, 0.15) is 12.6 Å². The smallest absolute Gasteiger partial charge is 0.345 e. The van der Waals surface area contributed by atoms with Gasteiger partial charge in [-0.25, -0.2) is 0 Å². The fourth-order valence-electron chi connectivity index (χ4n) is 3.50. The maximum Gasteiger partial charge on any atom is 0.405 e. The van der Waals surface area contributed by atoms with Gasteiger partial charge in [-0.1, -0.05) is 59.1 Å². The van der Waals surface area contributed by atoms with Gasteiger partial charge in [0.2, 0.25) is 5.91 Å². The first kappa shape index (κ1) is 30.8. The molecule has 2 amide bonds. The van der Waals surface area contributed by atoms with Crippen molar-refractivity contribution in [2.45, 2.75) is 45.1 Å². The van der Waals surface area contributed by atoms with Crippen molar-refractivity contribution in [1.82, 2.24) is 10.6 Å². The lowest BCUT2D eigenvalue weighted by atomic mass is 9.95. The molecule has 0 fully saturated rings. The lowest BCUT2D eigenvalue weighted by Crippen LogP contribution is -2.47. The molecule has 37 heavy (non-hydrogen) atoms. The Bertz CT molecular complexity index is 1170. The highest BCUT2D eigenvalue weighted by Gasteiger charge is 2.39. The summed E-state index contributed by atoms with van der Waals surface area (Å²) >= 11 is 17.6. The summed E-state index contributed by atoms with van der Waals surface area (Å²) in [6.45, 7) is 2.75. The summed E-state index contributed by atoms with van der Waals surface area (Å²) < 4.78 is 78.2. The van der Waals surface area contributed by atoms with E-state index < -0.39 is 42.7 Å². The number of aryl methyl sites for hydroxylation is 2. The highest BCUT2D eigenvalue weighted by Crippen LogP contribution is 2.41. The molecule has 202 valence electrons. The summed E-state index contributed by atoms with van der Waals surface area (Å²) in [6, 6.07) is 3.81. The van der Waals surface area contributed by atoms with Crippen molar-refractivity contribution >= 4 is 52.7 Å². The monoisotopic (exact) mass is 588 g/mol. The minimum atomic E-state index is -4.68. The Labute approximate surface area is 224 Å². The van der Waals surface area contributed by atoms with Crippen molar-refractivity contribution in [1.29, 1.82) is 0 Å². The van der Waals surface area contributed by atoms with E-state index in [1.165, 1.54) is 39.0 Å². The number of carbonyl (C=O) groups excluding carboxylic acids is 2. The number of halogens is 9. The molecule has 0 saturated heterocycles. The Morgan fingerprint density at radius 1 is 0.946 bits per heavy atom. The predicted molar refractivity (Wildman–Crippen MR) is 131 cm³/mol. The third-order valence-electron chi connectivity index (χ3n) is 5.19. The Kier molecular flexibility index (Phi) is 9.95. The van der Waals surface area contributed by atoms with Gasteiger partial charge in [-0.15, -0.1) is 0 Å². The number of alkyl halides is 6. The number of allylic oxidation sites excluding steroid dienone is 1. The second-order valence-electron chi connectivity index (χ2n) is 8.23. The minimum absolute atomic E-state index is 0.0655. The van der Waals surface area contributed by atoms with E-state index in [1.54, 1.807) is 5.32 Å². The van der Waals surface area contributed by atoms with Crippen LogP contribution in [0.3, 0.4) is 0 Å². The highest BCUT2D eigenvalue weighted by atomic mass is 35.5. The summed E-state index contributed by atoms with van der Waals surface area (Å²) in [5, 5.41) is 3.67. The quantitative estimate of drug-likeness (QED) is 0.261. The molecule has 2 atom stereocenters. The van der Waals surface area contributed by atoms with Crippen LogP contribution >= 0.6 is 34.8 Å². The van der Waals surface area contributed by atoms with Gasteiger partial charge in [0.25, 0.3) is 5.91 Å². The van der Waals surface area contributed by atoms with Crippen molar-refractivity contribution in [2.75, 3.05) is 6.54 Å². The molecule has 0 aliphatic rings. The van der Waals surface area contributed by atoms with E-state index in [2.05, 4.69) is 5.32 Å². The second kappa shape index (κ2) is 12.0. The van der Waals surface area contributed by atoms with Gasteiger partial charge in [0, 0.05) is 5.56 Å². The number of hydrogen-bond acceptors (Lipinski definition) is 2. The van der Waals surface area contributed by atoms with Crippen LogP contribution in [0.25, 0.3) is 6.08 Å². The molecule has 13 heteroatoms. The summed E-state index contributed by atoms with van der Waals surface area (Å²) in [7, 11) is 0. The standard InChI is InChI=1S/C24H21Cl3F6N2O2/c1-11-6-14(4-5-16(24(31,32)33)15-8-17(25)20(27)18(26)9-15)7-12(2)19(11)22(37)35-13(3)21(36)34-10-23(28,29)30/h4-9,13,16H,10H2,1-3H3,(H,34,36)(H,35,37)/b5-4+/t13-,16?/m1/s1. The van der Waals surface area contributed by atoms with E-state index in [9.17, 15) is 35.9 Å². The predicted octanol–water partition coefficient (Wildman–Crippen LogP) is 7.42. The van der Waals surface area contributed by atoms with Crippen LogP contribution in [0.15, 0.2) is 30.3 Å². The molecule has 0 aromatic heterocycles. The van der Waals surface area contributed by atoms with Gasteiger partial charge in [-0.2, -0.15) is 26.3 Å². The number of nitrogens with one attached hydrogen (secondary N) is 2. The number of amides is 2. The molecule has 2 aromatic rings. The van der Waals surface area contributed by atoms with Gasteiger partial charge >= 0.3 is 12.4 Å². The Balaban J connectivity index is 2.27. The Morgan fingerprint density at radius 3 is 1.92 bits per heavy atom. The van der Waals surface area contributed by atoms with E-state index in [4.69, 9.17) is 34.8 Å². The first-order valence-corrected chi connectivity index (χ1v) is 11.7. The van der Waals surface area contributed by atoms with Crippen molar-refractivity contribution in [3.8, 4) is 0 Å². The van der Waals surface area contributed by atoms with Gasteiger partial charge in [-0.3, -0.25) is 9.59 Å². The van der Waals surface area contributed by atoms with E-state index in [0.717, 1.165) is 18.2 Å². The summed E-state index contributed by atoms with van der Waals surface area (Å²) in [5.74, 6) is -3.81. The van der Waals surface area contributed by atoms with Crippen LogP contribution < -0.4 is 10.6 Å². The number of carbonyl (C=O) groups is 2. The Morgan fingerprint density at radius 2 is 1.46 bits per heavy atom. The van der Waals surface area contributed by atoms with E-state index in [0.29, 0.717) is 16.7 Å². The fraction of sp³-hybridized carbons (Fsp3) is 0.333. The maximum atomic E-state index is 13.8. The minimum Gasteiger partial charge on any atom is -0.345 e. The Hall–Kier alpha value is -2.43. The van der Waals surface area contributed by atoms with Crippen LogP contribution in [0.4, 0.5) is 26.3 Å². The molecule has 1 unspecified atom stereocenters. The third kappa shape index (κ3) is 8.55. The molecule has 0 radical (unpaired) electrons. The van der Waals surface area contributed by atoms with Crippen LogP contribution in [0.1, 0.15) is 45.5 Å². The van der Waals surface area contributed by atoms with Crippen LogP contribution in [0.5, 0.6) is 0 Å². The molecule has 2 N–H and O–H groups in total. The molecule has 0 aliphatic heterocycles. The topological polar surface area (TPSA) is 58.2 Å². The zero-order valence-corrected chi connectivity index (χ0v) is 21.8. The largest absolute Gasteiger partial charge is 0.405 e. The first-order valence-electron chi connectivity index (χ1n) is 10.6. The summed E-state index contributed by atoms with van der Waals surface area (Å²) in [4.78, 5) is 24.5. The molecule has 0 saturated carbocycles. The molecule has 4 nitrogen and oxygen atoms in total. The summed E-state index contributed by atoms with van der Waals surface area (Å²) in [5.41, 5.74) is 1.02. The molecular weight excluding hydrogens is 569 g/mol. The SMILES string of the molecule is Cc1cc(/C=C/C(c2cc(Cl)c(Cl)c(Cl)c2)C(F)(F)F)cc(C)c1C(=O)N[C@H](C)C(=O)NCC(F)(F)F. The highest BCUT2D eigenvalue weighted by molar-refractivity contribution is 6.48. The number of benzene rings is 2. The molecule has 2 rings (SSSR count). The second-order valence-corrected chi connectivity index (χ2v) is 9.43. The zero-order valence-electron chi connectivity index (χ0n) is 19.5. The van der Waals surface area contributed by atoms with Crippen molar-refractivity contribution < 1.29 is 35.9 Å². The molecule has 0 aliphatic carbocycles. The fourth-order valence-corrected chi connectivity index (χ4v) is 4.11. The van der Waals surface area contributed by atoms with Gasteiger partial charge in [0.05, 0.1) is 21.0 Å². The van der Waals surface area contributed by atoms with E-state index >= 15 is 0 Å². The molecular formula is C24H21Cl3F6N2O2. The first-order chi connectivity index (χ1) is 16.9.